The second kappa shape index (κ2) is 7.43. The molecule has 1 heterocycles. The van der Waals surface area contributed by atoms with Gasteiger partial charge in [-0.15, -0.1) is 6.58 Å². The zero-order chi connectivity index (χ0) is 13.5. The van der Waals surface area contributed by atoms with Gasteiger partial charge in [0.2, 0.25) is 0 Å². The highest BCUT2D eigenvalue weighted by atomic mass is 16.5. The molecule has 104 valence electrons. The number of ether oxygens (including phenoxy) is 2. The highest BCUT2D eigenvalue weighted by Crippen LogP contribution is 2.22. The van der Waals surface area contributed by atoms with E-state index in [0.717, 1.165) is 6.42 Å². The molecular formula is C16H22O3. The number of aliphatic hydroxyl groups is 1. The van der Waals surface area contributed by atoms with Gasteiger partial charge in [-0.25, -0.2) is 0 Å². The Balaban J connectivity index is 1.66. The monoisotopic (exact) mass is 262 g/mol. The Labute approximate surface area is 114 Å². The predicted molar refractivity (Wildman–Crippen MR) is 74.8 cm³/mol. The van der Waals surface area contributed by atoms with Crippen molar-refractivity contribution in [3.63, 3.8) is 0 Å². The minimum Gasteiger partial charge on any atom is -0.393 e. The Kier molecular flexibility index (Phi) is 5.58. The topological polar surface area (TPSA) is 38.7 Å². The van der Waals surface area contributed by atoms with Crippen molar-refractivity contribution in [1.29, 1.82) is 0 Å². The maximum atomic E-state index is 9.75. The molecule has 1 aliphatic heterocycles. The number of hydrogen-bond acceptors (Lipinski definition) is 3. The summed E-state index contributed by atoms with van der Waals surface area (Å²) < 4.78 is 11.4. The molecule has 0 saturated carbocycles. The number of aliphatic hydroxyl groups excluding tert-OH is 1. The summed E-state index contributed by atoms with van der Waals surface area (Å²) in [5.41, 5.74) is 1.18. The van der Waals surface area contributed by atoms with Gasteiger partial charge in [-0.3, -0.25) is 0 Å². The molecule has 1 aromatic carbocycles. The highest BCUT2D eigenvalue weighted by Gasteiger charge is 2.26. The third-order valence-electron chi connectivity index (χ3n) is 3.37. The molecule has 0 radical (unpaired) electrons. The van der Waals surface area contributed by atoms with Crippen molar-refractivity contribution in [2.75, 3.05) is 6.61 Å². The van der Waals surface area contributed by atoms with Crippen molar-refractivity contribution < 1.29 is 14.6 Å². The summed E-state index contributed by atoms with van der Waals surface area (Å²) in [6.07, 6.45) is 3.69. The molecule has 0 aromatic heterocycles. The molecule has 3 heteroatoms. The number of rotatable bonds is 6. The normalized spacial score (nSPS) is 27.1. The van der Waals surface area contributed by atoms with Crippen LogP contribution in [0.5, 0.6) is 0 Å². The van der Waals surface area contributed by atoms with E-state index < -0.39 is 0 Å². The first-order chi connectivity index (χ1) is 9.28. The smallest absolute Gasteiger partial charge is 0.0781 e. The number of hydrogen-bond donors (Lipinski definition) is 1. The summed E-state index contributed by atoms with van der Waals surface area (Å²) in [6.45, 7) is 5.00. The quantitative estimate of drug-likeness (QED) is 0.633. The van der Waals surface area contributed by atoms with Crippen molar-refractivity contribution >= 4 is 0 Å². The van der Waals surface area contributed by atoms with E-state index in [4.69, 9.17) is 9.47 Å². The van der Waals surface area contributed by atoms with Crippen LogP contribution in [0.25, 0.3) is 0 Å². The van der Waals surface area contributed by atoms with E-state index in [0.29, 0.717) is 26.1 Å². The van der Waals surface area contributed by atoms with E-state index in [1.165, 1.54) is 5.56 Å². The molecular weight excluding hydrogens is 240 g/mol. The van der Waals surface area contributed by atoms with Crippen LogP contribution in [0.2, 0.25) is 0 Å². The van der Waals surface area contributed by atoms with Crippen LogP contribution >= 0.6 is 0 Å². The lowest BCUT2D eigenvalue weighted by molar-refractivity contribution is -0.0861. The lowest BCUT2D eigenvalue weighted by atomic mass is 9.99. The summed E-state index contributed by atoms with van der Waals surface area (Å²) in [7, 11) is 0. The zero-order valence-corrected chi connectivity index (χ0v) is 11.2. The van der Waals surface area contributed by atoms with Crippen LogP contribution in [0.15, 0.2) is 43.0 Å². The summed E-state index contributed by atoms with van der Waals surface area (Å²) >= 11 is 0. The first kappa shape index (κ1) is 14.3. The molecule has 0 bridgehead atoms. The van der Waals surface area contributed by atoms with Crippen LogP contribution in [0.4, 0.5) is 0 Å². The van der Waals surface area contributed by atoms with Crippen LogP contribution in [0, 0.1) is 0 Å². The standard InChI is InChI=1S/C16H22O3/c1-2-15-10-14(17)11-16(19-15)8-9-18-12-13-6-4-3-5-7-13/h2-7,14-17H,1,8-12H2/t14-,15-,16+/m1/s1. The Hall–Kier alpha value is -1.16. The lowest BCUT2D eigenvalue weighted by Crippen LogP contribution is -2.35. The van der Waals surface area contributed by atoms with Gasteiger partial charge in [0.05, 0.1) is 24.9 Å². The van der Waals surface area contributed by atoms with Crippen molar-refractivity contribution in [2.24, 2.45) is 0 Å². The van der Waals surface area contributed by atoms with Crippen LogP contribution in [0.3, 0.4) is 0 Å². The predicted octanol–water partition coefficient (Wildman–Crippen LogP) is 2.69. The fourth-order valence-corrected chi connectivity index (χ4v) is 2.34. The van der Waals surface area contributed by atoms with Gasteiger partial charge in [-0.1, -0.05) is 36.4 Å². The van der Waals surface area contributed by atoms with Crippen molar-refractivity contribution in [3.05, 3.63) is 48.6 Å². The summed E-state index contributed by atoms with van der Waals surface area (Å²) in [5.74, 6) is 0. The molecule has 0 amide bonds. The summed E-state index contributed by atoms with van der Waals surface area (Å²) in [4.78, 5) is 0. The second-order valence-corrected chi connectivity index (χ2v) is 4.98. The van der Waals surface area contributed by atoms with Crippen molar-refractivity contribution in [3.8, 4) is 0 Å². The lowest BCUT2D eigenvalue weighted by Gasteiger charge is -2.31. The van der Waals surface area contributed by atoms with E-state index in [2.05, 4.69) is 18.7 Å². The van der Waals surface area contributed by atoms with Gasteiger partial charge < -0.3 is 14.6 Å². The minimum absolute atomic E-state index is 0.0251. The Morgan fingerprint density at radius 3 is 2.84 bits per heavy atom. The summed E-state index contributed by atoms with van der Waals surface area (Å²) in [5, 5.41) is 9.75. The van der Waals surface area contributed by atoms with Gasteiger partial charge in [0.25, 0.3) is 0 Å². The second-order valence-electron chi connectivity index (χ2n) is 4.98. The summed E-state index contributed by atoms with van der Waals surface area (Å²) in [6, 6.07) is 10.1. The maximum Gasteiger partial charge on any atom is 0.0781 e. The van der Waals surface area contributed by atoms with Gasteiger partial charge in [0, 0.05) is 13.0 Å². The molecule has 1 aromatic rings. The molecule has 0 spiro atoms. The van der Waals surface area contributed by atoms with Gasteiger partial charge in [-0.2, -0.15) is 0 Å². The molecule has 3 atom stereocenters. The van der Waals surface area contributed by atoms with E-state index in [1.807, 2.05) is 18.2 Å². The van der Waals surface area contributed by atoms with Crippen molar-refractivity contribution in [2.45, 2.75) is 44.2 Å². The molecule has 1 N–H and O–H groups in total. The average Bonchev–Trinajstić information content (AvgIpc) is 2.44. The van der Waals surface area contributed by atoms with Crippen LogP contribution in [0.1, 0.15) is 24.8 Å². The van der Waals surface area contributed by atoms with Crippen LogP contribution < -0.4 is 0 Å². The molecule has 1 aliphatic rings. The molecule has 1 saturated heterocycles. The zero-order valence-electron chi connectivity index (χ0n) is 11.2. The van der Waals surface area contributed by atoms with Gasteiger partial charge >= 0.3 is 0 Å². The molecule has 3 nitrogen and oxygen atoms in total. The average molecular weight is 262 g/mol. The molecule has 1 fully saturated rings. The molecule has 0 unspecified atom stereocenters. The fraction of sp³-hybridized carbons (Fsp3) is 0.500. The first-order valence-corrected chi connectivity index (χ1v) is 6.85. The van der Waals surface area contributed by atoms with Crippen LogP contribution in [-0.4, -0.2) is 30.0 Å². The first-order valence-electron chi connectivity index (χ1n) is 6.85. The Bertz CT molecular complexity index is 377. The fourth-order valence-electron chi connectivity index (χ4n) is 2.34. The third-order valence-corrected chi connectivity index (χ3v) is 3.37. The van der Waals surface area contributed by atoms with Gasteiger partial charge in [-0.05, 0) is 18.4 Å². The van der Waals surface area contributed by atoms with E-state index >= 15 is 0 Å². The largest absolute Gasteiger partial charge is 0.393 e. The van der Waals surface area contributed by atoms with Gasteiger partial charge in [0.15, 0.2) is 0 Å². The highest BCUT2D eigenvalue weighted by molar-refractivity contribution is 5.13. The molecule has 2 rings (SSSR count). The molecule has 19 heavy (non-hydrogen) atoms. The maximum absolute atomic E-state index is 9.75. The minimum atomic E-state index is -0.282. The molecule has 0 aliphatic carbocycles. The Morgan fingerprint density at radius 2 is 2.11 bits per heavy atom. The third kappa shape index (κ3) is 4.78. The van der Waals surface area contributed by atoms with E-state index in [9.17, 15) is 5.11 Å². The van der Waals surface area contributed by atoms with E-state index in [1.54, 1.807) is 6.08 Å². The van der Waals surface area contributed by atoms with E-state index in [-0.39, 0.29) is 18.3 Å². The van der Waals surface area contributed by atoms with Crippen molar-refractivity contribution in [1.82, 2.24) is 0 Å². The van der Waals surface area contributed by atoms with Crippen LogP contribution in [-0.2, 0) is 16.1 Å². The SMILES string of the molecule is C=C[C@@H]1C[C@@H](O)C[C@H](CCOCc2ccccc2)O1. The Morgan fingerprint density at radius 1 is 1.32 bits per heavy atom. The number of benzene rings is 1. The van der Waals surface area contributed by atoms with Gasteiger partial charge in [0.1, 0.15) is 0 Å².